The van der Waals surface area contributed by atoms with Crippen LogP contribution in [0.4, 0.5) is 0 Å². The number of aromatic nitrogens is 2. The lowest BCUT2D eigenvalue weighted by atomic mass is 10.0. The predicted molar refractivity (Wildman–Crippen MR) is 137 cm³/mol. The number of hydrogen-bond donors (Lipinski definition) is 0. The summed E-state index contributed by atoms with van der Waals surface area (Å²) in [5.41, 5.74) is 4.41. The summed E-state index contributed by atoms with van der Waals surface area (Å²) >= 11 is 0. The third-order valence-corrected chi connectivity index (χ3v) is 6.35. The number of unbranched alkanes of at least 4 members (excludes halogenated alkanes) is 1. The fraction of sp³-hybridized carbons (Fsp3) is 0.448. The molecule has 0 N–H and O–H groups in total. The number of hydrogen-bond acceptors (Lipinski definition) is 5. The highest BCUT2D eigenvalue weighted by Crippen LogP contribution is 2.28. The van der Waals surface area contributed by atoms with Crippen molar-refractivity contribution in [2.75, 3.05) is 26.2 Å². The smallest absolute Gasteiger partial charge is 0.234 e. The van der Waals surface area contributed by atoms with Gasteiger partial charge in [-0.1, -0.05) is 62.2 Å². The summed E-state index contributed by atoms with van der Waals surface area (Å²) in [7, 11) is 0. The van der Waals surface area contributed by atoms with Crippen molar-refractivity contribution in [1.29, 1.82) is 0 Å². The fourth-order valence-corrected chi connectivity index (χ4v) is 4.37. The van der Waals surface area contributed by atoms with E-state index in [2.05, 4.69) is 52.4 Å². The first-order chi connectivity index (χ1) is 16.8. The average molecular weight is 460 g/mol. The molecule has 0 amide bonds. The molecule has 1 aromatic heterocycles. The van der Waals surface area contributed by atoms with E-state index < -0.39 is 0 Å². The molecule has 5 heteroatoms. The quantitative estimate of drug-likeness (QED) is 0.297. The summed E-state index contributed by atoms with van der Waals surface area (Å²) < 4.78 is 12.0. The largest absolute Gasteiger partial charge is 0.489 e. The maximum Gasteiger partial charge on any atom is 0.234 e. The summed E-state index contributed by atoms with van der Waals surface area (Å²) in [6.45, 7) is 6.98. The standard InChI is InChI=1S/C29H37N3O2/c1-2-3-13-28-27(22-29(31-30-28)33-21-10-20-32-18-8-5-9-19-32)25-14-16-26(17-15-25)34-23-24-11-6-4-7-12-24/h4,6-7,11-12,14-17,22H,2-3,5,8-10,13,18-21,23H2,1H3. The van der Waals surface area contributed by atoms with Gasteiger partial charge in [-0.2, -0.15) is 5.10 Å². The van der Waals surface area contributed by atoms with E-state index in [1.165, 1.54) is 32.4 Å². The lowest BCUT2D eigenvalue weighted by Gasteiger charge is -2.26. The Hall–Kier alpha value is -2.92. The van der Waals surface area contributed by atoms with Crippen LogP contribution in [0.2, 0.25) is 0 Å². The molecular formula is C29H37N3O2. The second kappa shape index (κ2) is 13.1. The van der Waals surface area contributed by atoms with Gasteiger partial charge in [0.15, 0.2) is 0 Å². The van der Waals surface area contributed by atoms with Gasteiger partial charge in [0.25, 0.3) is 0 Å². The number of piperidine rings is 1. The monoisotopic (exact) mass is 459 g/mol. The van der Waals surface area contributed by atoms with Gasteiger partial charge in [-0.15, -0.1) is 5.10 Å². The van der Waals surface area contributed by atoms with Gasteiger partial charge in [0.2, 0.25) is 5.88 Å². The van der Waals surface area contributed by atoms with Crippen molar-refractivity contribution in [1.82, 2.24) is 15.1 Å². The van der Waals surface area contributed by atoms with Crippen LogP contribution in [0.3, 0.4) is 0 Å². The first kappa shape index (κ1) is 24.2. The molecule has 2 heterocycles. The van der Waals surface area contributed by atoms with E-state index in [1.807, 2.05) is 30.3 Å². The molecule has 0 saturated carbocycles. The summed E-state index contributed by atoms with van der Waals surface area (Å²) in [5.74, 6) is 1.47. The van der Waals surface area contributed by atoms with Crippen LogP contribution >= 0.6 is 0 Å². The molecule has 1 aliphatic heterocycles. The molecule has 180 valence electrons. The van der Waals surface area contributed by atoms with Crippen molar-refractivity contribution in [3.8, 4) is 22.8 Å². The molecule has 1 fully saturated rings. The summed E-state index contributed by atoms with van der Waals surface area (Å²) in [4.78, 5) is 2.54. The molecule has 0 unspecified atom stereocenters. The van der Waals surface area contributed by atoms with Crippen molar-refractivity contribution in [3.05, 3.63) is 71.9 Å². The molecule has 34 heavy (non-hydrogen) atoms. The van der Waals surface area contributed by atoms with Gasteiger partial charge in [0.05, 0.1) is 12.3 Å². The number of nitrogens with zero attached hydrogens (tertiary/aromatic N) is 3. The summed E-state index contributed by atoms with van der Waals surface area (Å²) in [6.07, 6.45) is 8.17. The molecule has 0 radical (unpaired) electrons. The third kappa shape index (κ3) is 7.29. The zero-order valence-electron chi connectivity index (χ0n) is 20.4. The fourth-order valence-electron chi connectivity index (χ4n) is 4.37. The topological polar surface area (TPSA) is 47.5 Å². The molecule has 4 rings (SSSR count). The summed E-state index contributed by atoms with van der Waals surface area (Å²) in [5, 5.41) is 8.92. The van der Waals surface area contributed by atoms with E-state index in [1.54, 1.807) is 0 Å². The third-order valence-electron chi connectivity index (χ3n) is 6.35. The summed E-state index contributed by atoms with van der Waals surface area (Å²) in [6, 6.07) is 20.5. The molecule has 0 bridgehead atoms. The lowest BCUT2D eigenvalue weighted by molar-refractivity contribution is 0.202. The van der Waals surface area contributed by atoms with Crippen LogP contribution in [0.1, 0.15) is 56.7 Å². The Morgan fingerprint density at radius 2 is 1.65 bits per heavy atom. The number of aryl methyl sites for hydroxylation is 1. The molecule has 0 atom stereocenters. The van der Waals surface area contributed by atoms with E-state index in [9.17, 15) is 0 Å². The predicted octanol–water partition coefficient (Wildman–Crippen LogP) is 6.32. The van der Waals surface area contributed by atoms with Gasteiger partial charge < -0.3 is 14.4 Å². The van der Waals surface area contributed by atoms with Crippen LogP contribution in [0, 0.1) is 0 Å². The van der Waals surface area contributed by atoms with E-state index in [4.69, 9.17) is 9.47 Å². The van der Waals surface area contributed by atoms with Crippen LogP contribution in [0.5, 0.6) is 11.6 Å². The van der Waals surface area contributed by atoms with E-state index in [0.29, 0.717) is 19.1 Å². The van der Waals surface area contributed by atoms with Gasteiger partial charge in [-0.05, 0) is 68.5 Å². The van der Waals surface area contributed by atoms with Crippen molar-refractivity contribution >= 4 is 0 Å². The van der Waals surface area contributed by atoms with Crippen LogP contribution in [0.25, 0.3) is 11.1 Å². The maximum absolute atomic E-state index is 6.01. The van der Waals surface area contributed by atoms with E-state index in [-0.39, 0.29) is 0 Å². The molecular weight excluding hydrogens is 422 g/mol. The normalized spacial score (nSPS) is 14.1. The van der Waals surface area contributed by atoms with Crippen LogP contribution in [-0.2, 0) is 13.0 Å². The van der Waals surface area contributed by atoms with Crippen LogP contribution in [-0.4, -0.2) is 41.3 Å². The van der Waals surface area contributed by atoms with Gasteiger partial charge >= 0.3 is 0 Å². The molecule has 1 saturated heterocycles. The first-order valence-corrected chi connectivity index (χ1v) is 12.8. The Morgan fingerprint density at radius 1 is 0.853 bits per heavy atom. The van der Waals surface area contributed by atoms with Crippen molar-refractivity contribution in [3.63, 3.8) is 0 Å². The van der Waals surface area contributed by atoms with Crippen molar-refractivity contribution < 1.29 is 9.47 Å². The Kier molecular flexibility index (Phi) is 9.32. The average Bonchev–Trinajstić information content (AvgIpc) is 2.90. The minimum atomic E-state index is 0.564. The number of benzene rings is 2. The highest BCUT2D eigenvalue weighted by Gasteiger charge is 2.12. The molecule has 3 aromatic rings. The van der Waals surface area contributed by atoms with Crippen LogP contribution in [0.15, 0.2) is 60.7 Å². The second-order valence-electron chi connectivity index (χ2n) is 9.05. The van der Waals surface area contributed by atoms with Gasteiger partial charge in [-0.25, -0.2) is 0 Å². The molecule has 0 spiro atoms. The highest BCUT2D eigenvalue weighted by molar-refractivity contribution is 5.67. The zero-order valence-corrected chi connectivity index (χ0v) is 20.4. The zero-order chi connectivity index (χ0) is 23.4. The second-order valence-corrected chi connectivity index (χ2v) is 9.05. The lowest BCUT2D eigenvalue weighted by Crippen LogP contribution is -2.31. The molecule has 1 aliphatic rings. The van der Waals surface area contributed by atoms with Crippen molar-refractivity contribution in [2.24, 2.45) is 0 Å². The minimum absolute atomic E-state index is 0.564. The highest BCUT2D eigenvalue weighted by atomic mass is 16.5. The molecule has 0 aliphatic carbocycles. The van der Waals surface area contributed by atoms with Gasteiger partial charge in [-0.3, -0.25) is 0 Å². The van der Waals surface area contributed by atoms with Crippen molar-refractivity contribution in [2.45, 2.75) is 58.5 Å². The Labute approximate surface area is 204 Å². The molecule has 2 aromatic carbocycles. The SMILES string of the molecule is CCCCc1nnc(OCCCN2CCCCC2)cc1-c1ccc(OCc2ccccc2)cc1. The number of likely N-dealkylation sites (tertiary alicyclic amines) is 1. The van der Waals surface area contributed by atoms with E-state index >= 15 is 0 Å². The Morgan fingerprint density at radius 3 is 2.41 bits per heavy atom. The number of rotatable bonds is 12. The van der Waals surface area contributed by atoms with Gasteiger partial charge in [0, 0.05) is 18.2 Å². The maximum atomic E-state index is 6.01. The minimum Gasteiger partial charge on any atom is -0.489 e. The molecule has 5 nitrogen and oxygen atoms in total. The van der Waals surface area contributed by atoms with Gasteiger partial charge in [0.1, 0.15) is 12.4 Å². The Bertz CT molecular complexity index is 986. The first-order valence-electron chi connectivity index (χ1n) is 12.8. The van der Waals surface area contributed by atoms with Crippen LogP contribution < -0.4 is 9.47 Å². The van der Waals surface area contributed by atoms with E-state index in [0.717, 1.165) is 60.4 Å². The Balaban J connectivity index is 1.38. The number of ether oxygens (including phenoxy) is 2.